The van der Waals surface area contributed by atoms with Crippen LogP contribution in [0.1, 0.15) is 15.9 Å². The van der Waals surface area contributed by atoms with Crippen LogP contribution in [0.3, 0.4) is 0 Å². The summed E-state index contributed by atoms with van der Waals surface area (Å²) in [5.74, 6) is -0.826. The number of nitro groups is 1. The number of morpholine rings is 1. The van der Waals surface area contributed by atoms with Gasteiger partial charge in [-0.05, 0) is 55.0 Å². The van der Waals surface area contributed by atoms with Gasteiger partial charge in [-0.25, -0.2) is 4.39 Å². The lowest BCUT2D eigenvalue weighted by Crippen LogP contribution is -2.37. The van der Waals surface area contributed by atoms with Gasteiger partial charge in [0.2, 0.25) is 0 Å². The second kappa shape index (κ2) is 9.11. The quantitative estimate of drug-likeness (QED) is 0.343. The Hall–Kier alpha value is -4.38. The van der Waals surface area contributed by atoms with Crippen molar-refractivity contribution in [2.75, 3.05) is 36.5 Å². The average molecular weight is 476 g/mol. The Morgan fingerprint density at radius 2 is 1.74 bits per heavy atom. The minimum Gasteiger partial charge on any atom is -0.378 e. The fourth-order valence-corrected chi connectivity index (χ4v) is 3.98. The molecule has 3 aromatic carbocycles. The molecule has 1 aliphatic rings. The van der Waals surface area contributed by atoms with E-state index < -0.39 is 10.8 Å². The van der Waals surface area contributed by atoms with Gasteiger partial charge in [0.15, 0.2) is 0 Å². The van der Waals surface area contributed by atoms with Gasteiger partial charge < -0.3 is 15.0 Å². The predicted octanol–water partition coefficient (Wildman–Crippen LogP) is 3.87. The maximum atomic E-state index is 13.3. The highest BCUT2D eigenvalue weighted by Crippen LogP contribution is 2.29. The molecule has 10 nitrogen and oxygen atoms in total. The Kier molecular flexibility index (Phi) is 5.83. The summed E-state index contributed by atoms with van der Waals surface area (Å²) in [6.45, 7) is 4.00. The highest BCUT2D eigenvalue weighted by Gasteiger charge is 2.23. The van der Waals surface area contributed by atoms with E-state index in [1.54, 1.807) is 30.3 Å². The molecule has 1 fully saturated rings. The van der Waals surface area contributed by atoms with E-state index in [2.05, 4.69) is 15.5 Å². The maximum absolute atomic E-state index is 13.3. The SMILES string of the molecule is Cc1cc2nn(-c3ccc(F)cc3)nc2cc1NC(=O)c1cc([N+](=O)[O-])ccc1N1CCOCC1. The lowest BCUT2D eigenvalue weighted by molar-refractivity contribution is -0.384. The van der Waals surface area contributed by atoms with Crippen LogP contribution in [-0.2, 0) is 4.74 Å². The molecule has 0 spiro atoms. The Balaban J connectivity index is 1.48. The molecule has 0 unspecified atom stereocenters. The third-order valence-electron chi connectivity index (χ3n) is 5.82. The summed E-state index contributed by atoms with van der Waals surface area (Å²) < 4.78 is 18.6. The van der Waals surface area contributed by atoms with Crippen molar-refractivity contribution in [2.24, 2.45) is 0 Å². The monoisotopic (exact) mass is 476 g/mol. The van der Waals surface area contributed by atoms with Crippen LogP contribution in [0, 0.1) is 22.9 Å². The van der Waals surface area contributed by atoms with Crippen molar-refractivity contribution < 1.29 is 18.8 Å². The zero-order valence-corrected chi connectivity index (χ0v) is 18.8. The van der Waals surface area contributed by atoms with Crippen LogP contribution in [0.25, 0.3) is 16.7 Å². The van der Waals surface area contributed by atoms with Crippen molar-refractivity contribution in [2.45, 2.75) is 6.92 Å². The fraction of sp³-hybridized carbons (Fsp3) is 0.208. The Morgan fingerprint density at radius 1 is 1.06 bits per heavy atom. The highest BCUT2D eigenvalue weighted by molar-refractivity contribution is 6.09. The number of aryl methyl sites for hydroxylation is 1. The molecule has 2 heterocycles. The van der Waals surface area contributed by atoms with Gasteiger partial charge >= 0.3 is 0 Å². The number of anilines is 2. The third-order valence-corrected chi connectivity index (χ3v) is 5.82. The molecule has 1 aliphatic heterocycles. The van der Waals surface area contributed by atoms with Gasteiger partial charge in [0.1, 0.15) is 16.9 Å². The average Bonchev–Trinajstić information content (AvgIpc) is 3.27. The zero-order chi connectivity index (χ0) is 24.5. The van der Waals surface area contributed by atoms with Gasteiger partial charge in [0, 0.05) is 30.9 Å². The molecule has 1 amide bonds. The first-order chi connectivity index (χ1) is 16.9. The summed E-state index contributed by atoms with van der Waals surface area (Å²) in [4.78, 5) is 27.5. The van der Waals surface area contributed by atoms with Gasteiger partial charge in [-0.1, -0.05) is 0 Å². The molecule has 4 aromatic rings. The molecule has 178 valence electrons. The number of carbonyl (C=O) groups excluding carboxylic acids is 1. The fourth-order valence-electron chi connectivity index (χ4n) is 3.98. The summed E-state index contributed by atoms with van der Waals surface area (Å²) in [5.41, 5.74) is 3.63. The van der Waals surface area contributed by atoms with Crippen LogP contribution in [-0.4, -0.2) is 52.1 Å². The first-order valence-electron chi connectivity index (χ1n) is 11.0. The molecule has 1 saturated heterocycles. The molecule has 1 N–H and O–H groups in total. The van der Waals surface area contributed by atoms with Gasteiger partial charge in [-0.3, -0.25) is 14.9 Å². The number of halogens is 1. The lowest BCUT2D eigenvalue weighted by Gasteiger charge is -2.30. The number of rotatable bonds is 5. The Labute approximate surface area is 199 Å². The highest BCUT2D eigenvalue weighted by atomic mass is 19.1. The Bertz CT molecular complexity index is 1430. The maximum Gasteiger partial charge on any atom is 0.270 e. The van der Waals surface area contributed by atoms with Gasteiger partial charge in [0.25, 0.3) is 11.6 Å². The van der Waals surface area contributed by atoms with E-state index >= 15 is 0 Å². The number of amides is 1. The van der Waals surface area contributed by atoms with Gasteiger partial charge in [0.05, 0.1) is 35.1 Å². The second-order valence-corrected chi connectivity index (χ2v) is 8.13. The number of nitrogens with zero attached hydrogens (tertiary/aromatic N) is 5. The molecule has 0 aliphatic carbocycles. The largest absolute Gasteiger partial charge is 0.378 e. The van der Waals surface area contributed by atoms with E-state index in [0.29, 0.717) is 54.4 Å². The van der Waals surface area contributed by atoms with Crippen LogP contribution < -0.4 is 10.2 Å². The summed E-state index contributed by atoms with van der Waals surface area (Å²) in [5, 5.41) is 23.1. The molecule has 1 aromatic heterocycles. The van der Waals surface area contributed by atoms with Crippen molar-refractivity contribution in [1.82, 2.24) is 15.0 Å². The van der Waals surface area contributed by atoms with Crippen LogP contribution >= 0.6 is 0 Å². The topological polar surface area (TPSA) is 115 Å². The van der Waals surface area contributed by atoms with Crippen molar-refractivity contribution in [3.8, 4) is 5.69 Å². The molecule has 0 saturated carbocycles. The number of aromatic nitrogens is 3. The standard InChI is InChI=1S/C24H21FN6O4/c1-15-12-21-22(28-30(27-21)17-4-2-16(25)3-5-17)14-20(15)26-24(32)19-13-18(31(33)34)6-7-23(19)29-8-10-35-11-9-29/h2-7,12-14H,8-11H2,1H3,(H,26,32). The predicted molar refractivity (Wildman–Crippen MR) is 128 cm³/mol. The lowest BCUT2D eigenvalue weighted by atomic mass is 10.1. The van der Waals surface area contributed by atoms with E-state index in [-0.39, 0.29) is 17.1 Å². The molecule has 5 rings (SSSR count). The van der Waals surface area contributed by atoms with Crippen LogP contribution in [0.4, 0.5) is 21.5 Å². The van der Waals surface area contributed by atoms with Gasteiger partial charge in [-0.15, -0.1) is 10.2 Å². The minimum absolute atomic E-state index is 0.165. The zero-order valence-electron chi connectivity index (χ0n) is 18.8. The number of fused-ring (bicyclic) bond motifs is 1. The first-order valence-corrected chi connectivity index (χ1v) is 11.0. The molecule has 0 radical (unpaired) electrons. The molecule has 35 heavy (non-hydrogen) atoms. The first kappa shape index (κ1) is 22.4. The molecular weight excluding hydrogens is 455 g/mol. The van der Waals surface area contributed by atoms with Crippen LogP contribution in [0.5, 0.6) is 0 Å². The minimum atomic E-state index is -0.523. The number of non-ortho nitro benzene ring substituents is 1. The second-order valence-electron chi connectivity index (χ2n) is 8.13. The summed E-state index contributed by atoms with van der Waals surface area (Å²) in [6, 6.07) is 13.6. The van der Waals surface area contributed by atoms with E-state index in [9.17, 15) is 19.3 Å². The number of nitrogens with one attached hydrogen (secondary N) is 1. The Morgan fingerprint density at radius 3 is 2.43 bits per heavy atom. The van der Waals surface area contributed by atoms with Crippen molar-refractivity contribution >= 4 is 34.0 Å². The van der Waals surface area contributed by atoms with Crippen molar-refractivity contribution in [1.29, 1.82) is 0 Å². The summed E-state index contributed by atoms with van der Waals surface area (Å²) in [6.07, 6.45) is 0. The number of benzene rings is 3. The number of hydrogen-bond donors (Lipinski definition) is 1. The van der Waals surface area contributed by atoms with Crippen LogP contribution in [0.2, 0.25) is 0 Å². The van der Waals surface area contributed by atoms with E-state index in [0.717, 1.165) is 5.56 Å². The molecule has 0 atom stereocenters. The number of ether oxygens (including phenoxy) is 1. The summed E-state index contributed by atoms with van der Waals surface area (Å²) >= 11 is 0. The molecule has 0 bridgehead atoms. The normalized spacial score (nSPS) is 13.7. The van der Waals surface area contributed by atoms with Crippen LogP contribution in [0.15, 0.2) is 54.6 Å². The molecular formula is C24H21FN6O4. The third kappa shape index (κ3) is 4.53. The number of nitro benzene ring substituents is 1. The smallest absolute Gasteiger partial charge is 0.270 e. The van der Waals surface area contributed by atoms with E-state index in [1.165, 1.54) is 29.1 Å². The van der Waals surface area contributed by atoms with Crippen molar-refractivity contribution in [3.05, 3.63) is 81.7 Å². The number of carbonyl (C=O) groups is 1. The van der Waals surface area contributed by atoms with E-state index in [4.69, 9.17) is 4.74 Å². The summed E-state index contributed by atoms with van der Waals surface area (Å²) in [7, 11) is 0. The number of hydrogen-bond acceptors (Lipinski definition) is 7. The van der Waals surface area contributed by atoms with Crippen molar-refractivity contribution in [3.63, 3.8) is 0 Å². The van der Waals surface area contributed by atoms with E-state index in [1.807, 2.05) is 11.8 Å². The van der Waals surface area contributed by atoms with Gasteiger partial charge in [-0.2, -0.15) is 4.80 Å². The molecule has 11 heteroatoms.